The van der Waals surface area contributed by atoms with Crippen LogP contribution < -0.4 is 9.80 Å². The molecule has 0 aliphatic heterocycles. The van der Waals surface area contributed by atoms with Gasteiger partial charge in [0.15, 0.2) is 0 Å². The predicted molar refractivity (Wildman–Crippen MR) is 232 cm³/mol. The highest BCUT2D eigenvalue weighted by Crippen LogP contribution is 2.48. The summed E-state index contributed by atoms with van der Waals surface area (Å²) in [6.07, 6.45) is 1.90. The van der Waals surface area contributed by atoms with Crippen molar-refractivity contribution in [3.05, 3.63) is 224 Å². The summed E-state index contributed by atoms with van der Waals surface area (Å²) >= 11 is 0. The van der Waals surface area contributed by atoms with Crippen LogP contribution in [0, 0.1) is 0 Å². The molecule has 9 rings (SSSR count). The van der Waals surface area contributed by atoms with E-state index in [1.807, 2.05) is 6.08 Å². The summed E-state index contributed by atoms with van der Waals surface area (Å²) in [6, 6.07) is 76.1. The molecule has 54 heavy (non-hydrogen) atoms. The van der Waals surface area contributed by atoms with Gasteiger partial charge < -0.3 is 9.80 Å². The summed E-state index contributed by atoms with van der Waals surface area (Å²) in [5.74, 6) is 0. The molecule has 0 unspecified atom stereocenters. The zero-order valence-corrected chi connectivity index (χ0v) is 29.9. The Morgan fingerprint density at radius 1 is 0.296 bits per heavy atom. The van der Waals surface area contributed by atoms with Gasteiger partial charge in [0.2, 0.25) is 0 Å². The summed E-state index contributed by atoms with van der Waals surface area (Å²) in [5, 5.41) is 4.78. The van der Waals surface area contributed by atoms with Crippen LogP contribution in [0.1, 0.15) is 5.56 Å². The SMILES string of the molecule is C=Cc1ccc(-c2c3ccc(N(c4ccccc4)c4ccccc4)cc3c(-c3ccccc3)c3ccc(N(c4ccccc4)c4ccccc4)cc23)cc1. The van der Waals surface area contributed by atoms with Gasteiger partial charge in [-0.3, -0.25) is 0 Å². The standard InChI is InChI=1S/C52H38N2/c1-2-38-28-30-40(31-29-38)52-48-35-33-45(53(41-20-10-4-11-21-41)42-22-12-5-13-23-42)36-49(48)51(39-18-8-3-9-19-39)47-34-32-46(37-50(47)52)54(43-24-14-6-15-25-43)44-26-16-7-17-27-44/h2-37H,1H2. The van der Waals surface area contributed by atoms with Gasteiger partial charge >= 0.3 is 0 Å². The van der Waals surface area contributed by atoms with Gasteiger partial charge in [-0.15, -0.1) is 0 Å². The highest BCUT2D eigenvalue weighted by atomic mass is 15.1. The summed E-state index contributed by atoms with van der Waals surface area (Å²) in [6.45, 7) is 4.03. The van der Waals surface area contributed by atoms with Crippen molar-refractivity contribution in [2.45, 2.75) is 0 Å². The molecule has 0 saturated carbocycles. The number of nitrogens with zero attached hydrogens (tertiary/aromatic N) is 2. The maximum Gasteiger partial charge on any atom is 0.0468 e. The van der Waals surface area contributed by atoms with Crippen LogP contribution in [0.4, 0.5) is 34.1 Å². The first kappa shape index (κ1) is 32.7. The molecular weight excluding hydrogens is 653 g/mol. The van der Waals surface area contributed by atoms with Crippen molar-refractivity contribution in [1.29, 1.82) is 0 Å². The lowest BCUT2D eigenvalue weighted by molar-refractivity contribution is 1.29. The van der Waals surface area contributed by atoms with E-state index in [1.165, 1.54) is 38.2 Å². The molecule has 0 aromatic heterocycles. The third kappa shape index (κ3) is 6.10. The van der Waals surface area contributed by atoms with Crippen molar-refractivity contribution >= 4 is 61.7 Å². The first-order chi connectivity index (χ1) is 26.8. The molecule has 0 aliphatic carbocycles. The molecule has 2 nitrogen and oxygen atoms in total. The topological polar surface area (TPSA) is 6.48 Å². The fraction of sp³-hybridized carbons (Fsp3) is 0. The van der Waals surface area contributed by atoms with Gasteiger partial charge in [-0.05, 0) is 122 Å². The molecule has 2 heteroatoms. The number of hydrogen-bond acceptors (Lipinski definition) is 2. The Balaban J connectivity index is 1.38. The summed E-state index contributed by atoms with van der Waals surface area (Å²) in [4.78, 5) is 4.69. The van der Waals surface area contributed by atoms with Crippen molar-refractivity contribution in [1.82, 2.24) is 0 Å². The van der Waals surface area contributed by atoms with Crippen LogP contribution in [0.5, 0.6) is 0 Å². The number of benzene rings is 9. The highest BCUT2D eigenvalue weighted by Gasteiger charge is 2.22. The van der Waals surface area contributed by atoms with E-state index >= 15 is 0 Å². The zero-order chi connectivity index (χ0) is 36.3. The third-order valence-electron chi connectivity index (χ3n) is 10.2. The summed E-state index contributed by atoms with van der Waals surface area (Å²) < 4.78 is 0. The predicted octanol–water partition coefficient (Wildman–Crippen LogP) is 14.9. The third-order valence-corrected chi connectivity index (χ3v) is 10.2. The van der Waals surface area contributed by atoms with Crippen LogP contribution in [0.15, 0.2) is 219 Å². The largest absolute Gasteiger partial charge is 0.310 e. The Hall–Kier alpha value is -7.16. The van der Waals surface area contributed by atoms with Gasteiger partial charge in [0.25, 0.3) is 0 Å². The smallest absolute Gasteiger partial charge is 0.0468 e. The van der Waals surface area contributed by atoms with Gasteiger partial charge in [0.1, 0.15) is 0 Å². The average Bonchev–Trinajstić information content (AvgIpc) is 3.25. The first-order valence-electron chi connectivity index (χ1n) is 18.4. The van der Waals surface area contributed by atoms with Crippen LogP contribution in [0.25, 0.3) is 49.9 Å². The molecule has 9 aromatic rings. The zero-order valence-electron chi connectivity index (χ0n) is 29.9. The van der Waals surface area contributed by atoms with Crippen LogP contribution in [-0.4, -0.2) is 0 Å². The number of rotatable bonds is 9. The first-order valence-corrected chi connectivity index (χ1v) is 18.4. The van der Waals surface area contributed by atoms with Crippen LogP contribution in [0.2, 0.25) is 0 Å². The van der Waals surface area contributed by atoms with Crippen LogP contribution in [-0.2, 0) is 0 Å². The second-order valence-corrected chi connectivity index (χ2v) is 13.4. The van der Waals surface area contributed by atoms with Crippen molar-refractivity contribution in [2.75, 3.05) is 9.80 Å². The normalized spacial score (nSPS) is 11.0. The fourth-order valence-electron chi connectivity index (χ4n) is 7.70. The van der Waals surface area contributed by atoms with Gasteiger partial charge in [0, 0.05) is 34.1 Å². The number of fused-ring (bicyclic) bond motifs is 2. The van der Waals surface area contributed by atoms with Crippen molar-refractivity contribution in [2.24, 2.45) is 0 Å². The Bertz CT molecular complexity index is 2610. The second kappa shape index (κ2) is 14.5. The maximum atomic E-state index is 4.03. The quantitative estimate of drug-likeness (QED) is 0.139. The minimum atomic E-state index is 1.09. The molecule has 0 radical (unpaired) electrons. The molecule has 0 saturated heterocycles. The van der Waals surface area contributed by atoms with Gasteiger partial charge in [-0.25, -0.2) is 0 Å². The van der Waals surface area contributed by atoms with E-state index in [0.29, 0.717) is 0 Å². The fourth-order valence-corrected chi connectivity index (χ4v) is 7.70. The Morgan fingerprint density at radius 3 is 0.981 bits per heavy atom. The van der Waals surface area contributed by atoms with E-state index in [1.54, 1.807) is 0 Å². The Labute approximate surface area is 317 Å². The van der Waals surface area contributed by atoms with Gasteiger partial charge in [-0.1, -0.05) is 152 Å². The van der Waals surface area contributed by atoms with Gasteiger partial charge in [-0.2, -0.15) is 0 Å². The van der Waals surface area contributed by atoms with E-state index < -0.39 is 0 Å². The number of hydrogen-bond donors (Lipinski definition) is 0. The van der Waals surface area contributed by atoms with Gasteiger partial charge in [0.05, 0.1) is 0 Å². The minimum absolute atomic E-state index is 1.09. The molecule has 0 spiro atoms. The molecule has 256 valence electrons. The van der Waals surface area contributed by atoms with E-state index in [0.717, 1.165) is 45.3 Å². The second-order valence-electron chi connectivity index (χ2n) is 13.4. The molecule has 0 bridgehead atoms. The maximum absolute atomic E-state index is 4.03. The summed E-state index contributed by atoms with van der Waals surface area (Å²) in [7, 11) is 0. The molecule has 0 atom stereocenters. The molecule has 0 aliphatic rings. The number of anilines is 6. The molecule has 0 fully saturated rings. The molecule has 0 heterocycles. The average molecular weight is 691 g/mol. The number of para-hydroxylation sites is 4. The van der Waals surface area contributed by atoms with Crippen LogP contribution >= 0.6 is 0 Å². The lowest BCUT2D eigenvalue weighted by atomic mass is 9.85. The van der Waals surface area contributed by atoms with E-state index in [-0.39, 0.29) is 0 Å². The Kier molecular flexibility index (Phi) is 8.76. The molecular formula is C52H38N2. The Morgan fingerprint density at radius 2 is 0.630 bits per heavy atom. The monoisotopic (exact) mass is 690 g/mol. The van der Waals surface area contributed by atoms with Crippen LogP contribution in [0.3, 0.4) is 0 Å². The lowest BCUT2D eigenvalue weighted by Crippen LogP contribution is -2.10. The minimum Gasteiger partial charge on any atom is -0.310 e. The van der Waals surface area contributed by atoms with E-state index in [2.05, 4.69) is 229 Å². The van der Waals surface area contributed by atoms with Crippen molar-refractivity contribution < 1.29 is 0 Å². The molecule has 0 N–H and O–H groups in total. The van der Waals surface area contributed by atoms with E-state index in [9.17, 15) is 0 Å². The highest BCUT2D eigenvalue weighted by molar-refractivity contribution is 6.22. The molecule has 0 amide bonds. The summed E-state index contributed by atoms with van der Waals surface area (Å²) in [5.41, 5.74) is 12.5. The van der Waals surface area contributed by atoms with Crippen molar-refractivity contribution in [3.8, 4) is 22.3 Å². The lowest BCUT2D eigenvalue weighted by Gasteiger charge is -2.28. The molecule has 9 aromatic carbocycles. The van der Waals surface area contributed by atoms with E-state index in [4.69, 9.17) is 0 Å². The van der Waals surface area contributed by atoms with Crippen molar-refractivity contribution in [3.63, 3.8) is 0 Å².